The number of hydrogen-bond donors (Lipinski definition) is 0. The van der Waals surface area contributed by atoms with E-state index in [4.69, 9.17) is 16.9 Å². The number of nitriles is 1. The first kappa shape index (κ1) is 16.3. The van der Waals surface area contributed by atoms with Crippen molar-refractivity contribution in [3.05, 3.63) is 82.9 Å². The molecule has 3 rings (SSSR count). The zero-order chi connectivity index (χ0) is 16.9. The van der Waals surface area contributed by atoms with Crippen molar-refractivity contribution in [3.8, 4) is 28.3 Å². The van der Waals surface area contributed by atoms with E-state index < -0.39 is 0 Å². The fraction of sp³-hybridized carbons (Fsp3) is 0.136. The molecule has 0 aliphatic carbocycles. The van der Waals surface area contributed by atoms with Crippen LogP contribution < -0.4 is 0 Å². The highest BCUT2D eigenvalue weighted by Crippen LogP contribution is 2.32. The molecule has 118 valence electrons. The zero-order valence-electron chi connectivity index (χ0n) is 13.6. The van der Waals surface area contributed by atoms with Gasteiger partial charge in [0.15, 0.2) is 0 Å². The average molecular weight is 332 g/mol. The van der Waals surface area contributed by atoms with Crippen LogP contribution in [0, 0.1) is 11.3 Å². The maximum atomic E-state index is 8.89. The Bertz CT molecular complexity index is 871. The topological polar surface area (TPSA) is 23.8 Å². The van der Waals surface area contributed by atoms with Crippen molar-refractivity contribution in [3.63, 3.8) is 0 Å². The van der Waals surface area contributed by atoms with Gasteiger partial charge in [0.2, 0.25) is 0 Å². The van der Waals surface area contributed by atoms with E-state index >= 15 is 0 Å². The van der Waals surface area contributed by atoms with E-state index in [1.54, 1.807) is 0 Å². The Balaban J connectivity index is 1.90. The highest BCUT2D eigenvalue weighted by Gasteiger charge is 2.06. The second-order valence-electron chi connectivity index (χ2n) is 5.83. The lowest BCUT2D eigenvalue weighted by molar-refractivity contribution is 0.922. The second kappa shape index (κ2) is 7.34. The maximum Gasteiger partial charge on any atom is 0.0991 e. The number of benzene rings is 3. The molecular weight excluding hydrogens is 314 g/mol. The molecule has 1 nitrogen and oxygen atoms in total. The molecule has 0 amide bonds. The van der Waals surface area contributed by atoms with Gasteiger partial charge in [-0.05, 0) is 46.9 Å². The molecule has 24 heavy (non-hydrogen) atoms. The minimum atomic E-state index is 0.652. The third kappa shape index (κ3) is 3.50. The quantitative estimate of drug-likeness (QED) is 0.535. The van der Waals surface area contributed by atoms with E-state index in [1.807, 2.05) is 36.4 Å². The van der Waals surface area contributed by atoms with E-state index in [1.165, 1.54) is 11.1 Å². The fourth-order valence-electron chi connectivity index (χ4n) is 2.81. The number of aryl methyl sites for hydroxylation is 1. The molecule has 0 fully saturated rings. The smallest absolute Gasteiger partial charge is 0.0991 e. The molecule has 3 aromatic rings. The SMILES string of the molecule is CCCc1ccc(-c2ccc(-c3ccc(C#N)cc3)c(Cl)c2)cc1. The van der Waals surface area contributed by atoms with Gasteiger partial charge in [-0.3, -0.25) is 0 Å². The fourth-order valence-corrected chi connectivity index (χ4v) is 3.10. The molecule has 0 spiro atoms. The third-order valence-corrected chi connectivity index (χ3v) is 4.43. The summed E-state index contributed by atoms with van der Waals surface area (Å²) in [6, 6.07) is 24.4. The zero-order valence-corrected chi connectivity index (χ0v) is 14.3. The van der Waals surface area contributed by atoms with Crippen LogP contribution in [0.25, 0.3) is 22.3 Å². The van der Waals surface area contributed by atoms with Crippen LogP contribution in [0.4, 0.5) is 0 Å². The van der Waals surface area contributed by atoms with Crippen LogP contribution in [0.3, 0.4) is 0 Å². The van der Waals surface area contributed by atoms with E-state index in [0.29, 0.717) is 5.56 Å². The minimum absolute atomic E-state index is 0.652. The van der Waals surface area contributed by atoms with Crippen LogP contribution in [0.5, 0.6) is 0 Å². The summed E-state index contributed by atoms with van der Waals surface area (Å²) in [5.41, 5.74) is 6.29. The Labute approximate surface area is 148 Å². The summed E-state index contributed by atoms with van der Waals surface area (Å²) in [5, 5.41) is 9.61. The molecule has 0 unspecified atom stereocenters. The number of hydrogen-bond acceptors (Lipinski definition) is 1. The predicted octanol–water partition coefficient (Wildman–Crippen LogP) is 6.50. The number of rotatable bonds is 4. The molecule has 0 aliphatic rings. The molecule has 0 bridgehead atoms. The highest BCUT2D eigenvalue weighted by atomic mass is 35.5. The van der Waals surface area contributed by atoms with Gasteiger partial charge >= 0.3 is 0 Å². The molecule has 0 N–H and O–H groups in total. The van der Waals surface area contributed by atoms with Crippen molar-refractivity contribution in [1.82, 2.24) is 0 Å². The summed E-state index contributed by atoms with van der Waals surface area (Å²) in [4.78, 5) is 0. The van der Waals surface area contributed by atoms with Gasteiger partial charge in [-0.2, -0.15) is 5.26 Å². The summed E-state index contributed by atoms with van der Waals surface area (Å²) < 4.78 is 0. The molecule has 0 saturated carbocycles. The Morgan fingerprint density at radius 3 is 2.04 bits per heavy atom. The average Bonchev–Trinajstić information content (AvgIpc) is 2.63. The first-order valence-electron chi connectivity index (χ1n) is 8.10. The maximum absolute atomic E-state index is 8.89. The van der Waals surface area contributed by atoms with Crippen LogP contribution >= 0.6 is 11.6 Å². The Hall–Kier alpha value is -2.56. The standard InChI is InChI=1S/C22H18ClN/c1-2-3-16-4-8-18(9-5-16)20-12-13-21(22(23)14-20)19-10-6-17(15-24)7-11-19/h4-14H,2-3H2,1H3. The molecular formula is C22H18ClN. The van der Waals surface area contributed by atoms with Crippen LogP contribution in [-0.4, -0.2) is 0 Å². The van der Waals surface area contributed by atoms with Crippen molar-refractivity contribution in [2.24, 2.45) is 0 Å². The lowest BCUT2D eigenvalue weighted by Gasteiger charge is -2.09. The monoisotopic (exact) mass is 331 g/mol. The van der Waals surface area contributed by atoms with Crippen molar-refractivity contribution < 1.29 is 0 Å². The van der Waals surface area contributed by atoms with Crippen LogP contribution in [-0.2, 0) is 6.42 Å². The Kier molecular flexibility index (Phi) is 4.99. The lowest BCUT2D eigenvalue weighted by Crippen LogP contribution is -1.85. The summed E-state index contributed by atoms with van der Waals surface area (Å²) in [7, 11) is 0. The van der Waals surface area contributed by atoms with Crippen molar-refractivity contribution >= 4 is 11.6 Å². The first-order chi connectivity index (χ1) is 11.7. The van der Waals surface area contributed by atoms with Crippen LogP contribution in [0.15, 0.2) is 66.7 Å². The van der Waals surface area contributed by atoms with Gasteiger partial charge in [-0.1, -0.05) is 73.5 Å². The van der Waals surface area contributed by atoms with E-state index in [9.17, 15) is 0 Å². The molecule has 3 aromatic carbocycles. The largest absolute Gasteiger partial charge is 0.192 e. The molecule has 0 heterocycles. The predicted molar refractivity (Wildman–Crippen MR) is 101 cm³/mol. The molecule has 2 heteroatoms. The number of halogens is 1. The molecule has 0 atom stereocenters. The first-order valence-corrected chi connectivity index (χ1v) is 8.48. The molecule has 0 aromatic heterocycles. The summed E-state index contributed by atoms with van der Waals surface area (Å²) >= 11 is 6.50. The molecule has 0 radical (unpaired) electrons. The summed E-state index contributed by atoms with van der Waals surface area (Å²) in [6.45, 7) is 2.19. The second-order valence-corrected chi connectivity index (χ2v) is 6.24. The van der Waals surface area contributed by atoms with E-state index in [2.05, 4.69) is 43.3 Å². The Morgan fingerprint density at radius 2 is 1.46 bits per heavy atom. The third-order valence-electron chi connectivity index (χ3n) is 4.12. The Morgan fingerprint density at radius 1 is 0.833 bits per heavy atom. The molecule has 0 saturated heterocycles. The van der Waals surface area contributed by atoms with Crippen LogP contribution in [0.1, 0.15) is 24.5 Å². The summed E-state index contributed by atoms with van der Waals surface area (Å²) in [5.74, 6) is 0. The van der Waals surface area contributed by atoms with Gasteiger partial charge in [0.1, 0.15) is 0 Å². The minimum Gasteiger partial charge on any atom is -0.192 e. The van der Waals surface area contributed by atoms with Crippen LogP contribution in [0.2, 0.25) is 5.02 Å². The van der Waals surface area contributed by atoms with E-state index in [0.717, 1.165) is 34.6 Å². The van der Waals surface area contributed by atoms with Gasteiger partial charge in [0, 0.05) is 10.6 Å². The normalized spacial score (nSPS) is 10.4. The van der Waals surface area contributed by atoms with Crippen molar-refractivity contribution in [2.45, 2.75) is 19.8 Å². The lowest BCUT2D eigenvalue weighted by atomic mass is 9.98. The van der Waals surface area contributed by atoms with Gasteiger partial charge < -0.3 is 0 Å². The van der Waals surface area contributed by atoms with E-state index in [-0.39, 0.29) is 0 Å². The highest BCUT2D eigenvalue weighted by molar-refractivity contribution is 6.33. The van der Waals surface area contributed by atoms with Gasteiger partial charge in [0.05, 0.1) is 11.6 Å². The number of nitrogens with zero attached hydrogens (tertiary/aromatic N) is 1. The molecule has 0 aliphatic heterocycles. The van der Waals surface area contributed by atoms with Crippen molar-refractivity contribution in [2.75, 3.05) is 0 Å². The van der Waals surface area contributed by atoms with Crippen molar-refractivity contribution in [1.29, 1.82) is 5.26 Å². The summed E-state index contributed by atoms with van der Waals surface area (Å²) in [6.07, 6.45) is 2.27. The van der Waals surface area contributed by atoms with Gasteiger partial charge in [0.25, 0.3) is 0 Å². The van der Waals surface area contributed by atoms with Gasteiger partial charge in [-0.25, -0.2) is 0 Å². The van der Waals surface area contributed by atoms with Gasteiger partial charge in [-0.15, -0.1) is 0 Å².